The van der Waals surface area contributed by atoms with Crippen LogP contribution in [-0.4, -0.2) is 16.7 Å². The Balaban J connectivity index is 2.03. The van der Waals surface area contributed by atoms with Gasteiger partial charge in [0.2, 0.25) is 0 Å². The SMILES string of the molecule is Cc1ccc([Si](OS(=O)(=O)c2ccccc2)(c2ccc(C)cc2)c2ccc(C)cc2)cc1. The lowest BCUT2D eigenvalue weighted by molar-refractivity contribution is 0.493. The van der Waals surface area contributed by atoms with Crippen LogP contribution < -0.4 is 15.6 Å². The molecule has 0 fully saturated rings. The van der Waals surface area contributed by atoms with Crippen LogP contribution in [0.15, 0.2) is 108 Å². The first-order valence-corrected chi connectivity index (χ1v) is 13.8. The largest absolute Gasteiger partial charge is 0.310 e. The predicted octanol–water partition coefficient (Wildman–Crippen LogP) is 3.98. The average Bonchev–Trinajstić information content (AvgIpc) is 2.80. The quantitative estimate of drug-likeness (QED) is 0.324. The van der Waals surface area contributed by atoms with Crippen LogP contribution in [-0.2, 0) is 14.0 Å². The van der Waals surface area contributed by atoms with Crippen molar-refractivity contribution in [3.63, 3.8) is 0 Å². The van der Waals surface area contributed by atoms with E-state index in [2.05, 4.69) is 0 Å². The van der Waals surface area contributed by atoms with E-state index >= 15 is 0 Å². The third-order valence-electron chi connectivity index (χ3n) is 5.64. The first kappa shape index (κ1) is 22.2. The summed E-state index contributed by atoms with van der Waals surface area (Å²) in [5.74, 6) is 0. The molecule has 4 rings (SSSR count). The van der Waals surface area contributed by atoms with E-state index in [0.29, 0.717) is 0 Å². The molecule has 0 aliphatic rings. The van der Waals surface area contributed by atoms with Crippen molar-refractivity contribution in [3.8, 4) is 0 Å². The maximum absolute atomic E-state index is 13.6. The van der Waals surface area contributed by atoms with Gasteiger partial charge in [0.25, 0.3) is 10.1 Å². The Morgan fingerprint density at radius 1 is 0.531 bits per heavy atom. The second kappa shape index (κ2) is 8.86. The second-order valence-corrected chi connectivity index (χ2v) is 13.3. The summed E-state index contributed by atoms with van der Waals surface area (Å²) in [6, 6.07) is 32.5. The van der Waals surface area contributed by atoms with E-state index in [4.69, 9.17) is 3.87 Å². The first-order valence-electron chi connectivity index (χ1n) is 10.5. The van der Waals surface area contributed by atoms with E-state index in [0.717, 1.165) is 32.3 Å². The molecule has 0 aromatic heterocycles. The van der Waals surface area contributed by atoms with Crippen molar-refractivity contribution in [3.05, 3.63) is 120 Å². The summed E-state index contributed by atoms with van der Waals surface area (Å²) in [5.41, 5.74) is 3.32. The van der Waals surface area contributed by atoms with Gasteiger partial charge in [-0.1, -0.05) is 108 Å². The number of aryl methyl sites for hydroxylation is 3. The van der Waals surface area contributed by atoms with E-state index < -0.39 is 18.4 Å². The van der Waals surface area contributed by atoms with Crippen molar-refractivity contribution >= 4 is 34.0 Å². The van der Waals surface area contributed by atoms with Crippen molar-refractivity contribution in [2.24, 2.45) is 0 Å². The van der Waals surface area contributed by atoms with Gasteiger partial charge in [-0.25, -0.2) is 0 Å². The fraction of sp³-hybridized carbons (Fsp3) is 0.111. The predicted molar refractivity (Wildman–Crippen MR) is 133 cm³/mol. The fourth-order valence-corrected chi connectivity index (χ4v) is 10.1. The minimum absolute atomic E-state index is 0.156. The monoisotopic (exact) mass is 458 g/mol. The molecule has 32 heavy (non-hydrogen) atoms. The molecule has 0 aliphatic heterocycles. The summed E-state index contributed by atoms with van der Waals surface area (Å²) in [6.45, 7) is 6.06. The van der Waals surface area contributed by atoms with Crippen molar-refractivity contribution in [2.75, 3.05) is 0 Å². The third kappa shape index (κ3) is 4.32. The zero-order valence-electron chi connectivity index (χ0n) is 18.4. The number of rotatable bonds is 6. The van der Waals surface area contributed by atoms with Gasteiger partial charge in [-0.15, -0.1) is 0 Å². The number of hydrogen-bond donors (Lipinski definition) is 0. The maximum atomic E-state index is 13.6. The Bertz CT molecular complexity index is 1190. The molecule has 0 unspecified atom stereocenters. The van der Waals surface area contributed by atoms with Crippen LogP contribution in [0.3, 0.4) is 0 Å². The number of hydrogen-bond acceptors (Lipinski definition) is 3. The van der Waals surface area contributed by atoms with Crippen LogP contribution in [0.2, 0.25) is 0 Å². The Labute approximate surface area is 191 Å². The van der Waals surface area contributed by atoms with Crippen LogP contribution in [0.5, 0.6) is 0 Å². The van der Waals surface area contributed by atoms with Gasteiger partial charge in [0.05, 0.1) is 4.90 Å². The van der Waals surface area contributed by atoms with Gasteiger partial charge in [0.15, 0.2) is 0 Å². The van der Waals surface area contributed by atoms with E-state index in [-0.39, 0.29) is 4.90 Å². The van der Waals surface area contributed by atoms with E-state index in [9.17, 15) is 8.42 Å². The van der Waals surface area contributed by atoms with Crippen molar-refractivity contribution in [1.29, 1.82) is 0 Å². The lowest BCUT2D eigenvalue weighted by Crippen LogP contribution is -2.70. The minimum atomic E-state index is -4.03. The Morgan fingerprint density at radius 2 is 0.875 bits per heavy atom. The Hall–Kier alpha value is -2.99. The Morgan fingerprint density at radius 3 is 1.22 bits per heavy atom. The van der Waals surface area contributed by atoms with E-state index in [1.807, 2.05) is 93.6 Å². The molecule has 5 heteroatoms. The molecule has 162 valence electrons. The highest BCUT2D eigenvalue weighted by atomic mass is 32.2. The van der Waals surface area contributed by atoms with Gasteiger partial charge in [0.1, 0.15) is 0 Å². The molecule has 0 amide bonds. The third-order valence-corrected chi connectivity index (χ3v) is 11.8. The smallest absolute Gasteiger partial charge is 0.294 e. The summed E-state index contributed by atoms with van der Waals surface area (Å²) in [7, 11) is -7.43. The van der Waals surface area contributed by atoms with E-state index in [1.165, 1.54) is 0 Å². The van der Waals surface area contributed by atoms with Gasteiger partial charge in [-0.3, -0.25) is 3.87 Å². The zero-order valence-corrected chi connectivity index (χ0v) is 20.3. The molecule has 0 aliphatic carbocycles. The summed E-state index contributed by atoms with van der Waals surface area (Å²) in [5, 5.41) is 2.65. The zero-order chi connectivity index (χ0) is 22.8. The van der Waals surface area contributed by atoms with Crippen LogP contribution in [0.4, 0.5) is 0 Å². The minimum Gasteiger partial charge on any atom is -0.294 e. The lowest BCUT2D eigenvalue weighted by Gasteiger charge is -2.32. The second-order valence-electron chi connectivity index (χ2n) is 8.13. The van der Waals surface area contributed by atoms with Gasteiger partial charge in [0, 0.05) is 0 Å². The first-order chi connectivity index (χ1) is 15.3. The van der Waals surface area contributed by atoms with Crippen molar-refractivity contribution in [2.45, 2.75) is 25.7 Å². The molecule has 0 saturated heterocycles. The molecule has 4 aromatic carbocycles. The molecule has 0 bridgehead atoms. The van der Waals surface area contributed by atoms with Crippen molar-refractivity contribution < 1.29 is 12.3 Å². The summed E-state index contributed by atoms with van der Waals surface area (Å²) < 4.78 is 33.6. The van der Waals surface area contributed by atoms with Crippen LogP contribution >= 0.6 is 0 Å². The van der Waals surface area contributed by atoms with Gasteiger partial charge >= 0.3 is 8.32 Å². The normalized spacial score (nSPS) is 12.0. The topological polar surface area (TPSA) is 43.4 Å². The average molecular weight is 459 g/mol. The molecule has 0 atom stereocenters. The summed E-state index contributed by atoms with van der Waals surface area (Å²) in [4.78, 5) is 0.156. The van der Waals surface area contributed by atoms with Gasteiger partial charge in [-0.05, 0) is 48.5 Å². The summed E-state index contributed by atoms with van der Waals surface area (Å²) in [6.07, 6.45) is 0. The van der Waals surface area contributed by atoms with Gasteiger partial charge in [-0.2, -0.15) is 8.42 Å². The highest BCUT2D eigenvalue weighted by molar-refractivity contribution is 7.88. The summed E-state index contributed by atoms with van der Waals surface area (Å²) >= 11 is 0. The standard InChI is InChI=1S/C27H26O3SSi/c1-21-9-15-25(16-10-21)32(26-17-11-22(2)12-18-26,27-19-13-23(3)14-20-27)30-31(28,29)24-7-5-4-6-8-24/h4-20H,1-3H3. The lowest BCUT2D eigenvalue weighted by atomic mass is 10.2. The van der Waals surface area contributed by atoms with Crippen LogP contribution in [0, 0.1) is 20.8 Å². The van der Waals surface area contributed by atoms with Crippen LogP contribution in [0.25, 0.3) is 0 Å². The molecule has 0 heterocycles. The molecule has 0 spiro atoms. The van der Waals surface area contributed by atoms with E-state index in [1.54, 1.807) is 30.3 Å². The molecular weight excluding hydrogens is 432 g/mol. The highest BCUT2D eigenvalue weighted by Crippen LogP contribution is 2.20. The van der Waals surface area contributed by atoms with Crippen molar-refractivity contribution in [1.82, 2.24) is 0 Å². The molecule has 0 saturated carbocycles. The van der Waals surface area contributed by atoms with Crippen LogP contribution in [0.1, 0.15) is 16.7 Å². The van der Waals surface area contributed by atoms with Gasteiger partial charge < -0.3 is 0 Å². The Kier molecular flexibility index (Phi) is 6.15. The molecule has 4 aromatic rings. The number of benzene rings is 4. The maximum Gasteiger partial charge on any atom is 0.310 e. The molecule has 0 radical (unpaired) electrons. The highest BCUT2D eigenvalue weighted by Gasteiger charge is 2.46. The molecule has 0 N–H and O–H groups in total. The molecule has 3 nitrogen and oxygen atoms in total. The fourth-order valence-electron chi connectivity index (χ4n) is 3.81. The molecular formula is C27H26O3SSi.